The highest BCUT2D eigenvalue weighted by atomic mass is 16.3. The van der Waals surface area contributed by atoms with Crippen LogP contribution < -0.4 is 0 Å². The number of phenolic OH excluding ortho intramolecular Hbond substituents is 1. The van der Waals surface area contributed by atoms with E-state index >= 15 is 0 Å². The van der Waals surface area contributed by atoms with Crippen molar-refractivity contribution in [2.24, 2.45) is 0 Å². The first-order chi connectivity index (χ1) is 8.79. The molecular formula is C15H21N3O. The Bertz CT molecular complexity index is 564. The fraction of sp³-hybridized carbons (Fsp3) is 0.467. The third-order valence-corrected chi connectivity index (χ3v) is 3.15. The first kappa shape index (κ1) is 13.6. The SMILES string of the molecule is Cc1nc(C(C)c2ccc(O)cc2)n(C(C)(C)C)n1. The molecule has 1 atom stereocenters. The number of aromatic hydroxyl groups is 1. The molecule has 2 aromatic rings. The van der Waals surface area contributed by atoms with Gasteiger partial charge in [0.1, 0.15) is 17.4 Å². The van der Waals surface area contributed by atoms with E-state index in [0.29, 0.717) is 0 Å². The molecule has 1 heterocycles. The summed E-state index contributed by atoms with van der Waals surface area (Å²) in [4.78, 5) is 4.57. The number of nitrogens with zero attached hydrogens (tertiary/aromatic N) is 3. The quantitative estimate of drug-likeness (QED) is 0.901. The second kappa shape index (κ2) is 4.68. The molecule has 102 valence electrons. The summed E-state index contributed by atoms with van der Waals surface area (Å²) in [5.41, 5.74) is 1.03. The lowest BCUT2D eigenvalue weighted by atomic mass is 9.99. The van der Waals surface area contributed by atoms with Crippen LogP contribution in [0.5, 0.6) is 5.75 Å². The minimum absolute atomic E-state index is 0.0955. The Morgan fingerprint density at radius 3 is 2.26 bits per heavy atom. The molecule has 0 bridgehead atoms. The molecule has 0 saturated carbocycles. The topological polar surface area (TPSA) is 50.9 Å². The smallest absolute Gasteiger partial charge is 0.147 e. The highest BCUT2D eigenvalue weighted by molar-refractivity contribution is 5.31. The minimum Gasteiger partial charge on any atom is -0.508 e. The molecule has 0 aliphatic carbocycles. The van der Waals surface area contributed by atoms with Crippen LogP contribution in [-0.4, -0.2) is 19.9 Å². The third kappa shape index (κ3) is 2.78. The standard InChI is InChI=1S/C15H21N3O/c1-10(12-6-8-13(19)9-7-12)14-16-11(2)17-18(14)15(3,4)5/h6-10,19H,1-5H3. The van der Waals surface area contributed by atoms with Crippen molar-refractivity contribution < 1.29 is 5.11 Å². The van der Waals surface area contributed by atoms with Crippen LogP contribution in [0.25, 0.3) is 0 Å². The van der Waals surface area contributed by atoms with Crippen LogP contribution >= 0.6 is 0 Å². The molecule has 0 saturated heterocycles. The van der Waals surface area contributed by atoms with E-state index in [4.69, 9.17) is 0 Å². The van der Waals surface area contributed by atoms with Crippen molar-refractivity contribution in [3.8, 4) is 5.75 Å². The average Bonchev–Trinajstić information content (AvgIpc) is 2.71. The molecule has 1 aromatic heterocycles. The second-order valence-corrected chi connectivity index (χ2v) is 5.91. The third-order valence-electron chi connectivity index (χ3n) is 3.15. The Hall–Kier alpha value is -1.84. The number of rotatable bonds is 2. The number of benzene rings is 1. The molecule has 0 amide bonds. The van der Waals surface area contributed by atoms with Crippen LogP contribution in [0, 0.1) is 6.92 Å². The number of aryl methyl sites for hydroxylation is 1. The number of phenols is 1. The first-order valence-corrected chi connectivity index (χ1v) is 6.52. The maximum atomic E-state index is 9.36. The molecule has 1 N–H and O–H groups in total. The summed E-state index contributed by atoms with van der Waals surface area (Å²) in [6, 6.07) is 7.26. The predicted molar refractivity (Wildman–Crippen MR) is 75.4 cm³/mol. The van der Waals surface area contributed by atoms with E-state index in [-0.39, 0.29) is 17.2 Å². The largest absolute Gasteiger partial charge is 0.508 e. The van der Waals surface area contributed by atoms with Crippen LogP contribution in [0.15, 0.2) is 24.3 Å². The van der Waals surface area contributed by atoms with Crippen LogP contribution in [0.3, 0.4) is 0 Å². The average molecular weight is 259 g/mol. The summed E-state index contributed by atoms with van der Waals surface area (Å²) in [7, 11) is 0. The molecule has 0 spiro atoms. The Labute approximate surface area is 114 Å². The highest BCUT2D eigenvalue weighted by Gasteiger charge is 2.24. The van der Waals surface area contributed by atoms with Gasteiger partial charge in [0.05, 0.1) is 5.54 Å². The predicted octanol–water partition coefficient (Wildman–Crippen LogP) is 3.20. The molecule has 0 aliphatic rings. The van der Waals surface area contributed by atoms with Gasteiger partial charge in [0.2, 0.25) is 0 Å². The van der Waals surface area contributed by atoms with Gasteiger partial charge in [-0.3, -0.25) is 0 Å². The number of aromatic nitrogens is 3. The Morgan fingerprint density at radius 2 is 1.74 bits per heavy atom. The van der Waals surface area contributed by atoms with E-state index in [1.807, 2.05) is 23.7 Å². The number of hydrogen-bond acceptors (Lipinski definition) is 3. The van der Waals surface area contributed by atoms with Gasteiger partial charge in [-0.1, -0.05) is 19.1 Å². The summed E-state index contributed by atoms with van der Waals surface area (Å²) in [6.45, 7) is 10.4. The zero-order valence-corrected chi connectivity index (χ0v) is 12.2. The van der Waals surface area contributed by atoms with Gasteiger partial charge in [0, 0.05) is 5.92 Å². The van der Waals surface area contributed by atoms with E-state index in [2.05, 4.69) is 37.8 Å². The molecule has 4 nitrogen and oxygen atoms in total. The molecule has 1 aromatic carbocycles. The first-order valence-electron chi connectivity index (χ1n) is 6.52. The molecular weight excluding hydrogens is 238 g/mol. The van der Waals surface area contributed by atoms with Gasteiger partial charge in [0.25, 0.3) is 0 Å². The maximum Gasteiger partial charge on any atom is 0.147 e. The van der Waals surface area contributed by atoms with Gasteiger partial charge in [-0.25, -0.2) is 9.67 Å². The summed E-state index contributed by atoms with van der Waals surface area (Å²) < 4.78 is 1.99. The molecule has 0 aliphatic heterocycles. The Morgan fingerprint density at radius 1 is 1.16 bits per heavy atom. The molecule has 4 heteroatoms. The molecule has 1 unspecified atom stereocenters. The maximum absolute atomic E-state index is 9.36. The van der Waals surface area contributed by atoms with E-state index in [1.54, 1.807) is 12.1 Å². The molecule has 0 fully saturated rings. The summed E-state index contributed by atoms with van der Waals surface area (Å²) in [5, 5.41) is 13.9. The van der Waals surface area contributed by atoms with E-state index in [1.165, 1.54) is 0 Å². The fourth-order valence-corrected chi connectivity index (χ4v) is 2.12. The highest BCUT2D eigenvalue weighted by Crippen LogP contribution is 2.27. The molecule has 19 heavy (non-hydrogen) atoms. The van der Waals surface area contributed by atoms with E-state index in [9.17, 15) is 5.11 Å². The molecule has 2 rings (SSSR count). The van der Waals surface area contributed by atoms with Gasteiger partial charge in [-0.2, -0.15) is 5.10 Å². The van der Waals surface area contributed by atoms with Crippen molar-refractivity contribution in [1.82, 2.24) is 14.8 Å². The van der Waals surface area contributed by atoms with Crippen LogP contribution in [0.4, 0.5) is 0 Å². The minimum atomic E-state index is -0.0955. The monoisotopic (exact) mass is 259 g/mol. The fourth-order valence-electron chi connectivity index (χ4n) is 2.12. The van der Waals surface area contributed by atoms with Crippen molar-refractivity contribution >= 4 is 0 Å². The van der Waals surface area contributed by atoms with Crippen LogP contribution in [0.2, 0.25) is 0 Å². The Kier molecular flexibility index (Phi) is 3.35. The molecule has 0 radical (unpaired) electrons. The summed E-state index contributed by atoms with van der Waals surface area (Å²) in [5.74, 6) is 2.16. The Balaban J connectivity index is 2.44. The lowest BCUT2D eigenvalue weighted by Gasteiger charge is -2.23. The van der Waals surface area contributed by atoms with Gasteiger partial charge in [-0.15, -0.1) is 0 Å². The van der Waals surface area contributed by atoms with Crippen LogP contribution in [-0.2, 0) is 5.54 Å². The van der Waals surface area contributed by atoms with Crippen molar-refractivity contribution in [3.05, 3.63) is 41.5 Å². The number of hydrogen-bond donors (Lipinski definition) is 1. The van der Waals surface area contributed by atoms with Crippen molar-refractivity contribution in [2.45, 2.75) is 46.1 Å². The lowest BCUT2D eigenvalue weighted by Crippen LogP contribution is -2.26. The summed E-state index contributed by atoms with van der Waals surface area (Å²) >= 11 is 0. The summed E-state index contributed by atoms with van der Waals surface area (Å²) in [6.07, 6.45) is 0. The van der Waals surface area contributed by atoms with Gasteiger partial charge in [0.15, 0.2) is 0 Å². The van der Waals surface area contributed by atoms with Gasteiger partial charge >= 0.3 is 0 Å². The zero-order chi connectivity index (χ0) is 14.2. The normalized spacial score (nSPS) is 13.5. The zero-order valence-electron chi connectivity index (χ0n) is 12.2. The van der Waals surface area contributed by atoms with E-state index < -0.39 is 0 Å². The van der Waals surface area contributed by atoms with Crippen molar-refractivity contribution in [3.63, 3.8) is 0 Å². The van der Waals surface area contributed by atoms with E-state index in [0.717, 1.165) is 17.2 Å². The van der Waals surface area contributed by atoms with Gasteiger partial charge < -0.3 is 5.11 Å². The van der Waals surface area contributed by atoms with Crippen molar-refractivity contribution in [2.75, 3.05) is 0 Å². The van der Waals surface area contributed by atoms with Crippen molar-refractivity contribution in [1.29, 1.82) is 0 Å². The van der Waals surface area contributed by atoms with Crippen LogP contribution in [0.1, 0.15) is 50.8 Å². The lowest BCUT2D eigenvalue weighted by molar-refractivity contribution is 0.337. The van der Waals surface area contributed by atoms with Gasteiger partial charge in [-0.05, 0) is 45.4 Å². The second-order valence-electron chi connectivity index (χ2n) is 5.91.